The smallest absolute Gasteiger partial charge is 0.387 e. The van der Waals surface area contributed by atoms with Gasteiger partial charge in [-0.2, -0.15) is 13.9 Å². The molecule has 1 aliphatic rings. The van der Waals surface area contributed by atoms with E-state index in [1.807, 2.05) is 5.38 Å². The SMILES string of the molecule is NC(=O)c1cc(-c2csc(=NCC3CCCO3)n2N=Cc2ccc(OC(F)F)cc2)ccc1O. The Morgan fingerprint density at radius 2 is 2.12 bits per heavy atom. The summed E-state index contributed by atoms with van der Waals surface area (Å²) in [4.78, 5) is 17.0. The minimum atomic E-state index is -2.90. The van der Waals surface area contributed by atoms with Gasteiger partial charge >= 0.3 is 6.61 Å². The molecule has 0 radical (unpaired) electrons. The molecular formula is C23H22F2N4O4S. The van der Waals surface area contributed by atoms with Crippen LogP contribution in [-0.4, -0.2) is 47.8 Å². The van der Waals surface area contributed by atoms with Gasteiger partial charge in [-0.1, -0.05) is 0 Å². The van der Waals surface area contributed by atoms with Gasteiger partial charge in [-0.05, 0) is 60.9 Å². The molecule has 3 aromatic rings. The first-order chi connectivity index (χ1) is 16.4. The van der Waals surface area contributed by atoms with Gasteiger partial charge in [0.2, 0.25) is 4.80 Å². The molecule has 0 bridgehead atoms. The van der Waals surface area contributed by atoms with E-state index in [2.05, 4.69) is 14.8 Å². The molecule has 34 heavy (non-hydrogen) atoms. The van der Waals surface area contributed by atoms with Crippen LogP contribution in [0.5, 0.6) is 11.5 Å². The number of aromatic nitrogens is 1. The molecule has 1 aromatic heterocycles. The second-order valence-corrected chi connectivity index (χ2v) is 8.32. The second-order valence-electron chi connectivity index (χ2n) is 7.48. The van der Waals surface area contributed by atoms with Crippen molar-refractivity contribution in [2.75, 3.05) is 13.2 Å². The number of thiazole rings is 1. The maximum atomic E-state index is 12.4. The minimum absolute atomic E-state index is 0.00769. The van der Waals surface area contributed by atoms with Crippen LogP contribution in [0, 0.1) is 0 Å². The fraction of sp³-hybridized carbons (Fsp3) is 0.261. The Morgan fingerprint density at radius 3 is 2.79 bits per heavy atom. The van der Waals surface area contributed by atoms with E-state index < -0.39 is 12.5 Å². The molecule has 1 unspecified atom stereocenters. The average Bonchev–Trinajstić information content (AvgIpc) is 3.47. The molecule has 11 heteroatoms. The van der Waals surface area contributed by atoms with Crippen molar-refractivity contribution in [1.82, 2.24) is 4.68 Å². The number of hydrogen-bond donors (Lipinski definition) is 2. The fourth-order valence-corrected chi connectivity index (χ4v) is 4.29. The van der Waals surface area contributed by atoms with E-state index in [4.69, 9.17) is 10.5 Å². The number of phenols is 1. The van der Waals surface area contributed by atoms with Crippen LogP contribution < -0.4 is 15.3 Å². The number of alkyl halides is 2. The van der Waals surface area contributed by atoms with Crippen molar-refractivity contribution in [2.24, 2.45) is 15.8 Å². The lowest BCUT2D eigenvalue weighted by Gasteiger charge is -2.08. The van der Waals surface area contributed by atoms with Crippen LogP contribution in [0.3, 0.4) is 0 Å². The summed E-state index contributed by atoms with van der Waals surface area (Å²) >= 11 is 1.36. The zero-order valence-corrected chi connectivity index (χ0v) is 18.8. The predicted molar refractivity (Wildman–Crippen MR) is 123 cm³/mol. The van der Waals surface area contributed by atoms with Crippen LogP contribution in [-0.2, 0) is 4.74 Å². The van der Waals surface area contributed by atoms with Crippen LogP contribution in [0.25, 0.3) is 11.3 Å². The second kappa shape index (κ2) is 10.6. The summed E-state index contributed by atoms with van der Waals surface area (Å²) in [6, 6.07) is 10.6. The van der Waals surface area contributed by atoms with E-state index >= 15 is 0 Å². The van der Waals surface area contributed by atoms with Crippen LogP contribution >= 0.6 is 11.3 Å². The van der Waals surface area contributed by atoms with Gasteiger partial charge in [0.1, 0.15) is 11.5 Å². The summed E-state index contributed by atoms with van der Waals surface area (Å²) in [5, 5.41) is 16.3. The number of rotatable bonds is 8. The molecule has 1 atom stereocenters. The maximum absolute atomic E-state index is 12.4. The standard InChI is InChI=1S/C23H22F2N4O4S/c24-22(25)33-16-6-3-14(4-7-16)11-28-29-19(15-5-8-20(30)18(10-15)21(26)31)13-34-23(29)27-12-17-2-1-9-32-17/h3-8,10-11,13,17,22,30H,1-2,9,12H2,(H2,26,31). The molecule has 2 heterocycles. The third-order valence-electron chi connectivity index (χ3n) is 5.12. The first kappa shape index (κ1) is 23.6. The maximum Gasteiger partial charge on any atom is 0.387 e. The van der Waals surface area contributed by atoms with Crippen molar-refractivity contribution in [3.05, 3.63) is 63.8 Å². The number of benzene rings is 2. The van der Waals surface area contributed by atoms with Crippen molar-refractivity contribution in [3.63, 3.8) is 0 Å². The summed E-state index contributed by atoms with van der Waals surface area (Å²) in [5.41, 5.74) is 7.26. The third-order valence-corrected chi connectivity index (χ3v) is 5.98. The van der Waals surface area contributed by atoms with E-state index in [-0.39, 0.29) is 23.2 Å². The van der Waals surface area contributed by atoms with E-state index in [1.54, 1.807) is 29.1 Å². The van der Waals surface area contributed by atoms with Crippen LogP contribution in [0.2, 0.25) is 0 Å². The fourth-order valence-electron chi connectivity index (χ4n) is 3.44. The molecule has 1 saturated heterocycles. The highest BCUT2D eigenvalue weighted by molar-refractivity contribution is 7.07. The molecule has 0 saturated carbocycles. The van der Waals surface area contributed by atoms with Gasteiger partial charge in [0.05, 0.1) is 30.1 Å². The summed E-state index contributed by atoms with van der Waals surface area (Å²) in [6.45, 7) is -1.69. The topological polar surface area (TPSA) is 111 Å². The molecule has 178 valence electrons. The van der Waals surface area contributed by atoms with Crippen molar-refractivity contribution < 1.29 is 28.2 Å². The van der Waals surface area contributed by atoms with Gasteiger partial charge in [-0.15, -0.1) is 11.3 Å². The average molecular weight is 489 g/mol. The lowest BCUT2D eigenvalue weighted by Crippen LogP contribution is -2.17. The Morgan fingerprint density at radius 1 is 1.32 bits per heavy atom. The molecule has 1 aliphatic heterocycles. The van der Waals surface area contributed by atoms with Crippen molar-refractivity contribution >= 4 is 23.5 Å². The highest BCUT2D eigenvalue weighted by atomic mass is 32.1. The van der Waals surface area contributed by atoms with Crippen LogP contribution in [0.4, 0.5) is 8.78 Å². The summed E-state index contributed by atoms with van der Waals surface area (Å²) in [7, 11) is 0. The lowest BCUT2D eigenvalue weighted by molar-refractivity contribution is -0.0498. The number of amides is 1. The first-order valence-electron chi connectivity index (χ1n) is 10.5. The summed E-state index contributed by atoms with van der Waals surface area (Å²) in [6.07, 6.45) is 3.56. The molecule has 1 amide bonds. The van der Waals surface area contributed by atoms with Gasteiger partial charge in [0.15, 0.2) is 0 Å². The molecule has 0 aliphatic carbocycles. The number of primary amides is 1. The number of hydrogen-bond acceptors (Lipinski definition) is 7. The zero-order valence-electron chi connectivity index (χ0n) is 17.9. The van der Waals surface area contributed by atoms with Crippen LogP contribution in [0.15, 0.2) is 57.9 Å². The highest BCUT2D eigenvalue weighted by Gasteiger charge is 2.16. The lowest BCUT2D eigenvalue weighted by atomic mass is 10.1. The first-order valence-corrected chi connectivity index (χ1v) is 11.3. The van der Waals surface area contributed by atoms with Crippen molar-refractivity contribution in [1.29, 1.82) is 0 Å². The normalized spacial score (nSPS) is 16.6. The highest BCUT2D eigenvalue weighted by Crippen LogP contribution is 2.26. The van der Waals surface area contributed by atoms with Crippen molar-refractivity contribution in [2.45, 2.75) is 25.6 Å². The van der Waals surface area contributed by atoms with Gasteiger partial charge in [-0.3, -0.25) is 9.79 Å². The van der Waals surface area contributed by atoms with Gasteiger partial charge in [-0.25, -0.2) is 4.68 Å². The zero-order chi connectivity index (χ0) is 24.1. The summed E-state index contributed by atoms with van der Waals surface area (Å²) < 4.78 is 36.4. The molecule has 3 N–H and O–H groups in total. The quantitative estimate of drug-likeness (QED) is 0.472. The number of halogens is 2. The Balaban J connectivity index is 1.70. The monoisotopic (exact) mass is 488 g/mol. The number of nitrogens with zero attached hydrogens (tertiary/aromatic N) is 3. The minimum Gasteiger partial charge on any atom is -0.507 e. The Hall–Kier alpha value is -3.57. The molecular weight excluding hydrogens is 466 g/mol. The predicted octanol–water partition coefficient (Wildman–Crippen LogP) is 3.58. The third kappa shape index (κ3) is 5.67. The van der Waals surface area contributed by atoms with Gasteiger partial charge in [0.25, 0.3) is 5.91 Å². The molecule has 4 rings (SSSR count). The number of nitrogens with two attached hydrogens (primary N) is 1. The Bertz CT molecular complexity index is 1250. The molecule has 2 aromatic carbocycles. The van der Waals surface area contributed by atoms with E-state index in [0.717, 1.165) is 19.4 Å². The van der Waals surface area contributed by atoms with E-state index in [0.29, 0.717) is 28.2 Å². The molecule has 8 nitrogen and oxygen atoms in total. The molecule has 1 fully saturated rings. The van der Waals surface area contributed by atoms with Crippen molar-refractivity contribution in [3.8, 4) is 22.8 Å². The number of ether oxygens (including phenoxy) is 2. The van der Waals surface area contributed by atoms with Crippen LogP contribution in [0.1, 0.15) is 28.8 Å². The molecule has 0 spiro atoms. The number of carbonyl (C=O) groups is 1. The largest absolute Gasteiger partial charge is 0.507 e. The van der Waals surface area contributed by atoms with Gasteiger partial charge < -0.3 is 20.3 Å². The van der Waals surface area contributed by atoms with E-state index in [9.17, 15) is 18.7 Å². The number of carbonyl (C=O) groups excluding carboxylic acids is 1. The Labute approximate surface area is 197 Å². The summed E-state index contributed by atoms with van der Waals surface area (Å²) in [5.74, 6) is -0.915. The Kier molecular flexibility index (Phi) is 7.33. The number of aromatic hydroxyl groups is 1. The van der Waals surface area contributed by atoms with Gasteiger partial charge in [0, 0.05) is 17.6 Å². The van der Waals surface area contributed by atoms with E-state index in [1.165, 1.54) is 35.6 Å².